The smallest absolute Gasteiger partial charge is 0.128 e. The minimum absolute atomic E-state index is 0.120. The molecule has 1 atom stereocenters. The van der Waals surface area contributed by atoms with Crippen molar-refractivity contribution in [3.05, 3.63) is 35.1 Å². The van der Waals surface area contributed by atoms with Gasteiger partial charge in [-0.3, -0.25) is 4.90 Å². The fourth-order valence-corrected chi connectivity index (χ4v) is 3.69. The predicted molar refractivity (Wildman–Crippen MR) is 82.2 cm³/mol. The molecule has 20 heavy (non-hydrogen) atoms. The zero-order valence-corrected chi connectivity index (χ0v) is 13.0. The number of rotatable bonds is 5. The van der Waals surface area contributed by atoms with Gasteiger partial charge < -0.3 is 5.73 Å². The number of benzene rings is 1. The summed E-state index contributed by atoms with van der Waals surface area (Å²) in [7, 11) is 0. The first-order valence-electron chi connectivity index (χ1n) is 7.82. The van der Waals surface area contributed by atoms with Crippen molar-refractivity contribution in [2.24, 2.45) is 5.73 Å². The maximum atomic E-state index is 14.2. The number of aryl methyl sites for hydroxylation is 1. The van der Waals surface area contributed by atoms with Crippen LogP contribution in [0.1, 0.15) is 56.7 Å². The Morgan fingerprint density at radius 2 is 1.85 bits per heavy atom. The molecule has 1 fully saturated rings. The van der Waals surface area contributed by atoms with Crippen LogP contribution in [-0.4, -0.2) is 23.5 Å². The molecular formula is C17H27FN2. The lowest BCUT2D eigenvalue weighted by molar-refractivity contribution is 0.0754. The van der Waals surface area contributed by atoms with Crippen molar-refractivity contribution in [1.29, 1.82) is 0 Å². The Bertz CT molecular complexity index is 448. The van der Waals surface area contributed by atoms with Gasteiger partial charge >= 0.3 is 0 Å². The quantitative estimate of drug-likeness (QED) is 0.888. The largest absolute Gasteiger partial charge is 0.322 e. The monoisotopic (exact) mass is 278 g/mol. The van der Waals surface area contributed by atoms with Crippen molar-refractivity contribution in [2.75, 3.05) is 13.1 Å². The lowest BCUT2D eigenvalue weighted by Crippen LogP contribution is -2.54. The molecule has 2 N–H and O–H groups in total. The second-order valence-corrected chi connectivity index (χ2v) is 6.01. The Kier molecular flexibility index (Phi) is 4.82. The third-order valence-electron chi connectivity index (χ3n) is 5.03. The van der Waals surface area contributed by atoms with Crippen molar-refractivity contribution >= 4 is 0 Å². The van der Waals surface area contributed by atoms with Crippen LogP contribution in [0.4, 0.5) is 4.39 Å². The lowest BCUT2D eigenvalue weighted by atomic mass is 9.79. The minimum atomic E-state index is -0.268. The molecule has 2 rings (SSSR count). The number of halogens is 1. The predicted octanol–water partition coefficient (Wildman–Crippen LogP) is 3.79. The van der Waals surface area contributed by atoms with Crippen molar-refractivity contribution < 1.29 is 4.39 Å². The van der Waals surface area contributed by atoms with Crippen LogP contribution in [0.2, 0.25) is 0 Å². The van der Waals surface area contributed by atoms with Crippen LogP contribution < -0.4 is 5.73 Å². The van der Waals surface area contributed by atoms with E-state index >= 15 is 0 Å². The summed E-state index contributed by atoms with van der Waals surface area (Å²) in [6.07, 6.45) is 4.37. The molecular weight excluding hydrogens is 251 g/mol. The summed E-state index contributed by atoms with van der Waals surface area (Å²) in [6.45, 7) is 8.52. The second kappa shape index (κ2) is 6.23. The second-order valence-electron chi connectivity index (χ2n) is 6.01. The third-order valence-corrected chi connectivity index (χ3v) is 5.03. The van der Waals surface area contributed by atoms with Gasteiger partial charge in [-0.15, -0.1) is 0 Å². The summed E-state index contributed by atoms with van der Waals surface area (Å²) in [5.74, 6) is -0.173. The first-order valence-corrected chi connectivity index (χ1v) is 7.82. The van der Waals surface area contributed by atoms with E-state index in [-0.39, 0.29) is 17.4 Å². The van der Waals surface area contributed by atoms with Gasteiger partial charge in [0.05, 0.1) is 6.04 Å². The van der Waals surface area contributed by atoms with E-state index in [0.29, 0.717) is 5.56 Å². The normalized spacial score (nSPS) is 18.4. The van der Waals surface area contributed by atoms with Crippen molar-refractivity contribution in [3.63, 3.8) is 0 Å². The molecule has 1 unspecified atom stereocenters. The first-order chi connectivity index (χ1) is 9.55. The molecule has 0 aromatic heterocycles. The van der Waals surface area contributed by atoms with Crippen molar-refractivity contribution in [1.82, 2.24) is 4.90 Å². The van der Waals surface area contributed by atoms with Gasteiger partial charge in [-0.2, -0.15) is 0 Å². The number of likely N-dealkylation sites (tertiary alicyclic amines) is 1. The molecule has 0 bridgehead atoms. The van der Waals surface area contributed by atoms with Gasteiger partial charge in [0.2, 0.25) is 0 Å². The number of nitrogens with zero attached hydrogens (tertiary/aromatic N) is 1. The fraction of sp³-hybridized carbons (Fsp3) is 0.647. The highest BCUT2D eigenvalue weighted by atomic mass is 19.1. The zero-order chi connectivity index (χ0) is 14.8. The average Bonchev–Trinajstić information content (AvgIpc) is 2.98. The van der Waals surface area contributed by atoms with Crippen LogP contribution in [0, 0.1) is 12.7 Å². The highest BCUT2D eigenvalue weighted by Crippen LogP contribution is 2.38. The fourth-order valence-electron chi connectivity index (χ4n) is 3.69. The zero-order valence-electron chi connectivity index (χ0n) is 13.0. The van der Waals surface area contributed by atoms with Gasteiger partial charge in [-0.1, -0.05) is 31.5 Å². The van der Waals surface area contributed by atoms with Crippen LogP contribution in [0.15, 0.2) is 18.2 Å². The Hall–Kier alpha value is -0.930. The van der Waals surface area contributed by atoms with Gasteiger partial charge in [0, 0.05) is 11.1 Å². The molecule has 1 heterocycles. The summed E-state index contributed by atoms with van der Waals surface area (Å²) >= 11 is 0. The molecule has 112 valence electrons. The molecule has 1 aromatic rings. The summed E-state index contributed by atoms with van der Waals surface area (Å²) in [4.78, 5) is 2.49. The van der Waals surface area contributed by atoms with Gasteiger partial charge in [0.15, 0.2) is 0 Å². The van der Waals surface area contributed by atoms with E-state index in [1.54, 1.807) is 12.1 Å². The van der Waals surface area contributed by atoms with E-state index in [9.17, 15) is 4.39 Å². The molecule has 1 aromatic carbocycles. The van der Waals surface area contributed by atoms with Gasteiger partial charge in [-0.25, -0.2) is 4.39 Å². The highest BCUT2D eigenvalue weighted by molar-refractivity contribution is 5.29. The molecule has 1 aliphatic heterocycles. The Balaban J connectivity index is 2.39. The average molecular weight is 278 g/mol. The molecule has 3 heteroatoms. The molecule has 2 nitrogen and oxygen atoms in total. The number of nitrogens with two attached hydrogens (primary N) is 1. The number of hydrogen-bond acceptors (Lipinski definition) is 2. The molecule has 0 amide bonds. The SMILES string of the molecule is CCC(CC)(C(N)c1cc(C)ccc1F)N1CCCC1. The van der Waals surface area contributed by atoms with Crippen LogP contribution in [0.5, 0.6) is 0 Å². The molecule has 0 aliphatic carbocycles. The lowest BCUT2D eigenvalue weighted by Gasteiger charge is -2.45. The summed E-state index contributed by atoms with van der Waals surface area (Å²) in [6, 6.07) is 5.00. The van der Waals surface area contributed by atoms with Crippen LogP contribution >= 0.6 is 0 Å². The van der Waals surface area contributed by atoms with Crippen LogP contribution in [0.25, 0.3) is 0 Å². The van der Waals surface area contributed by atoms with Gasteiger partial charge in [0.1, 0.15) is 5.82 Å². The first kappa shape index (κ1) is 15.5. The minimum Gasteiger partial charge on any atom is -0.322 e. The Labute approximate surface area is 122 Å². The molecule has 0 radical (unpaired) electrons. The van der Waals surface area contributed by atoms with E-state index in [1.165, 1.54) is 12.8 Å². The van der Waals surface area contributed by atoms with Crippen molar-refractivity contribution in [2.45, 2.75) is 58.0 Å². The summed E-state index contributed by atoms with van der Waals surface area (Å²) in [5, 5.41) is 0. The Morgan fingerprint density at radius 1 is 1.25 bits per heavy atom. The van der Waals surface area contributed by atoms with Gasteiger partial charge in [0.25, 0.3) is 0 Å². The third kappa shape index (κ3) is 2.61. The van der Waals surface area contributed by atoms with E-state index in [2.05, 4.69) is 18.7 Å². The van der Waals surface area contributed by atoms with Crippen LogP contribution in [0.3, 0.4) is 0 Å². The van der Waals surface area contributed by atoms with E-state index < -0.39 is 0 Å². The number of hydrogen-bond donors (Lipinski definition) is 1. The summed E-state index contributed by atoms with van der Waals surface area (Å²) in [5.41, 5.74) is 8.18. The van der Waals surface area contributed by atoms with Crippen molar-refractivity contribution in [3.8, 4) is 0 Å². The maximum Gasteiger partial charge on any atom is 0.128 e. The molecule has 1 saturated heterocycles. The maximum absolute atomic E-state index is 14.2. The molecule has 0 spiro atoms. The van der Waals surface area contributed by atoms with Gasteiger partial charge in [-0.05, 0) is 51.8 Å². The molecule has 1 aliphatic rings. The van der Waals surface area contributed by atoms with Crippen LogP contribution in [-0.2, 0) is 0 Å². The standard InChI is InChI=1S/C17H27FN2/c1-4-17(5-2,20-10-6-7-11-20)16(19)14-12-13(3)8-9-15(14)18/h8-9,12,16H,4-7,10-11,19H2,1-3H3. The van der Waals surface area contributed by atoms with E-state index in [4.69, 9.17) is 5.73 Å². The topological polar surface area (TPSA) is 29.3 Å². The summed E-state index contributed by atoms with van der Waals surface area (Å²) < 4.78 is 14.2. The Morgan fingerprint density at radius 3 is 2.40 bits per heavy atom. The highest BCUT2D eigenvalue weighted by Gasteiger charge is 2.41. The van der Waals surface area contributed by atoms with E-state index in [1.807, 2.05) is 13.0 Å². The van der Waals surface area contributed by atoms with E-state index in [0.717, 1.165) is 31.5 Å². The molecule has 0 saturated carbocycles.